The molecule has 1 aliphatic heterocycles. The van der Waals surface area contributed by atoms with E-state index in [-0.39, 0.29) is 23.8 Å². The molecule has 1 aromatic rings. The van der Waals surface area contributed by atoms with E-state index in [0.29, 0.717) is 13.0 Å². The highest BCUT2D eigenvalue weighted by Gasteiger charge is 2.35. The lowest BCUT2D eigenvalue weighted by Crippen LogP contribution is -2.36. The Bertz CT molecular complexity index is 580. The molecule has 4 nitrogen and oxygen atoms in total. The standard InChI is InChI=1S/C17H22N2O2/c1-11(2)18-17(21)14-9-16(20)19(10-14)15-7-6-12-4-3-5-13(12)8-15/h6-8,11,14H,3-5,9-10H2,1-2H3,(H,18,21). The third-order valence-corrected chi connectivity index (χ3v) is 4.32. The maximum absolute atomic E-state index is 12.2. The van der Waals surface area contributed by atoms with Crippen LogP contribution in [-0.2, 0) is 22.4 Å². The van der Waals surface area contributed by atoms with E-state index in [0.717, 1.165) is 18.5 Å². The molecule has 1 fully saturated rings. The van der Waals surface area contributed by atoms with E-state index in [9.17, 15) is 9.59 Å². The second-order valence-corrected chi connectivity index (χ2v) is 6.38. The highest BCUT2D eigenvalue weighted by Crippen LogP contribution is 2.30. The Morgan fingerprint density at radius 1 is 1.29 bits per heavy atom. The third-order valence-electron chi connectivity index (χ3n) is 4.32. The molecule has 1 saturated heterocycles. The molecule has 1 atom stereocenters. The summed E-state index contributed by atoms with van der Waals surface area (Å²) < 4.78 is 0. The van der Waals surface area contributed by atoms with Crippen LogP contribution < -0.4 is 10.2 Å². The van der Waals surface area contributed by atoms with Gasteiger partial charge in [0, 0.05) is 24.7 Å². The quantitative estimate of drug-likeness (QED) is 0.924. The molecule has 1 N–H and O–H groups in total. The molecular formula is C17H22N2O2. The van der Waals surface area contributed by atoms with Crippen molar-refractivity contribution in [3.05, 3.63) is 29.3 Å². The van der Waals surface area contributed by atoms with Gasteiger partial charge < -0.3 is 10.2 Å². The maximum atomic E-state index is 12.2. The summed E-state index contributed by atoms with van der Waals surface area (Å²) in [5.41, 5.74) is 3.70. The lowest BCUT2D eigenvalue weighted by atomic mass is 10.1. The second kappa shape index (κ2) is 5.51. The largest absolute Gasteiger partial charge is 0.354 e. The molecular weight excluding hydrogens is 264 g/mol. The van der Waals surface area contributed by atoms with Crippen LogP contribution in [0.15, 0.2) is 18.2 Å². The van der Waals surface area contributed by atoms with Crippen LogP contribution in [0, 0.1) is 5.92 Å². The molecule has 1 heterocycles. The number of anilines is 1. The molecule has 0 bridgehead atoms. The van der Waals surface area contributed by atoms with E-state index < -0.39 is 0 Å². The van der Waals surface area contributed by atoms with E-state index in [1.54, 1.807) is 4.90 Å². The van der Waals surface area contributed by atoms with E-state index in [1.165, 1.54) is 17.5 Å². The molecule has 0 spiro atoms. The summed E-state index contributed by atoms with van der Waals surface area (Å²) in [6.45, 7) is 4.37. The summed E-state index contributed by atoms with van der Waals surface area (Å²) in [4.78, 5) is 26.1. The summed E-state index contributed by atoms with van der Waals surface area (Å²) in [6.07, 6.45) is 3.76. The fourth-order valence-corrected chi connectivity index (χ4v) is 3.26. The van der Waals surface area contributed by atoms with Gasteiger partial charge in [-0.25, -0.2) is 0 Å². The van der Waals surface area contributed by atoms with Crippen LogP contribution in [-0.4, -0.2) is 24.4 Å². The summed E-state index contributed by atoms with van der Waals surface area (Å²) >= 11 is 0. The van der Waals surface area contributed by atoms with Crippen molar-refractivity contribution in [1.29, 1.82) is 0 Å². The Morgan fingerprint density at radius 3 is 2.81 bits per heavy atom. The van der Waals surface area contributed by atoms with E-state index >= 15 is 0 Å². The molecule has 21 heavy (non-hydrogen) atoms. The molecule has 2 amide bonds. The van der Waals surface area contributed by atoms with Crippen molar-refractivity contribution in [3.8, 4) is 0 Å². The van der Waals surface area contributed by atoms with Crippen LogP contribution in [0.25, 0.3) is 0 Å². The number of hydrogen-bond acceptors (Lipinski definition) is 2. The molecule has 4 heteroatoms. The summed E-state index contributed by atoms with van der Waals surface area (Å²) in [7, 11) is 0. The first kappa shape index (κ1) is 14.1. The molecule has 2 aliphatic rings. The second-order valence-electron chi connectivity index (χ2n) is 6.38. The van der Waals surface area contributed by atoms with Gasteiger partial charge in [-0.2, -0.15) is 0 Å². The van der Waals surface area contributed by atoms with Crippen molar-refractivity contribution in [1.82, 2.24) is 5.32 Å². The number of amides is 2. The van der Waals surface area contributed by atoms with Gasteiger partial charge >= 0.3 is 0 Å². The molecule has 1 aromatic carbocycles. The minimum Gasteiger partial charge on any atom is -0.354 e. The number of rotatable bonds is 3. The van der Waals surface area contributed by atoms with E-state index in [2.05, 4.69) is 17.4 Å². The van der Waals surface area contributed by atoms with Crippen LogP contribution in [0.1, 0.15) is 37.8 Å². The highest BCUT2D eigenvalue weighted by molar-refractivity contribution is 6.00. The molecule has 0 radical (unpaired) electrons. The molecule has 3 rings (SSSR count). The Hall–Kier alpha value is -1.84. The van der Waals surface area contributed by atoms with Gasteiger partial charge in [-0.1, -0.05) is 6.07 Å². The predicted octanol–water partition coefficient (Wildman–Crippen LogP) is 2.05. The van der Waals surface area contributed by atoms with Crippen molar-refractivity contribution >= 4 is 17.5 Å². The zero-order chi connectivity index (χ0) is 15.0. The van der Waals surface area contributed by atoms with Crippen molar-refractivity contribution in [2.24, 2.45) is 5.92 Å². The SMILES string of the molecule is CC(C)NC(=O)C1CC(=O)N(c2ccc3c(c2)CCC3)C1. The Kier molecular flexibility index (Phi) is 3.70. The summed E-state index contributed by atoms with van der Waals surface area (Å²) in [5, 5.41) is 2.90. The molecule has 0 saturated carbocycles. The number of fused-ring (bicyclic) bond motifs is 1. The van der Waals surface area contributed by atoms with Crippen molar-refractivity contribution < 1.29 is 9.59 Å². The maximum Gasteiger partial charge on any atom is 0.227 e. The van der Waals surface area contributed by atoms with Crippen LogP contribution in [0.5, 0.6) is 0 Å². The number of aryl methyl sites for hydroxylation is 2. The van der Waals surface area contributed by atoms with Crippen molar-refractivity contribution in [2.45, 2.75) is 45.6 Å². The monoisotopic (exact) mass is 286 g/mol. The van der Waals surface area contributed by atoms with Gasteiger partial charge in [0.15, 0.2) is 0 Å². The zero-order valence-electron chi connectivity index (χ0n) is 12.7. The normalized spacial score (nSPS) is 21.0. The first-order chi connectivity index (χ1) is 10.0. The van der Waals surface area contributed by atoms with Gasteiger partial charge in [-0.05, 0) is 56.4 Å². The van der Waals surface area contributed by atoms with E-state index in [1.807, 2.05) is 19.9 Å². The fraction of sp³-hybridized carbons (Fsp3) is 0.529. The van der Waals surface area contributed by atoms with Gasteiger partial charge in [0.2, 0.25) is 11.8 Å². The highest BCUT2D eigenvalue weighted by atomic mass is 16.2. The first-order valence-corrected chi connectivity index (χ1v) is 7.77. The van der Waals surface area contributed by atoms with Gasteiger partial charge in [0.1, 0.15) is 0 Å². The minimum absolute atomic E-state index is 0.0120. The summed E-state index contributed by atoms with van der Waals surface area (Å²) in [6, 6.07) is 6.39. The van der Waals surface area contributed by atoms with Crippen LogP contribution >= 0.6 is 0 Å². The lowest BCUT2D eigenvalue weighted by molar-refractivity contribution is -0.126. The molecule has 1 unspecified atom stereocenters. The number of hydrogen-bond donors (Lipinski definition) is 1. The fourth-order valence-electron chi connectivity index (χ4n) is 3.26. The smallest absolute Gasteiger partial charge is 0.227 e. The topological polar surface area (TPSA) is 49.4 Å². The minimum atomic E-state index is -0.229. The van der Waals surface area contributed by atoms with E-state index in [4.69, 9.17) is 0 Å². The first-order valence-electron chi connectivity index (χ1n) is 7.77. The Balaban J connectivity index is 1.75. The number of carbonyl (C=O) groups excluding carboxylic acids is 2. The third kappa shape index (κ3) is 2.80. The number of carbonyl (C=O) groups is 2. The van der Waals surface area contributed by atoms with Crippen LogP contribution in [0.2, 0.25) is 0 Å². The van der Waals surface area contributed by atoms with Crippen LogP contribution in [0.4, 0.5) is 5.69 Å². The average molecular weight is 286 g/mol. The predicted molar refractivity (Wildman–Crippen MR) is 82.2 cm³/mol. The molecule has 1 aliphatic carbocycles. The van der Waals surface area contributed by atoms with Crippen LogP contribution in [0.3, 0.4) is 0 Å². The molecule has 0 aromatic heterocycles. The molecule has 112 valence electrons. The van der Waals surface area contributed by atoms with Crippen molar-refractivity contribution in [3.63, 3.8) is 0 Å². The number of benzene rings is 1. The number of nitrogens with one attached hydrogen (secondary N) is 1. The average Bonchev–Trinajstić information content (AvgIpc) is 3.03. The number of nitrogens with zero attached hydrogens (tertiary/aromatic N) is 1. The van der Waals surface area contributed by atoms with Gasteiger partial charge in [-0.15, -0.1) is 0 Å². The van der Waals surface area contributed by atoms with Gasteiger partial charge in [0.05, 0.1) is 5.92 Å². The van der Waals surface area contributed by atoms with Gasteiger partial charge in [0.25, 0.3) is 0 Å². The lowest BCUT2D eigenvalue weighted by Gasteiger charge is -2.18. The van der Waals surface area contributed by atoms with Crippen molar-refractivity contribution in [2.75, 3.05) is 11.4 Å². The van der Waals surface area contributed by atoms with Gasteiger partial charge in [-0.3, -0.25) is 9.59 Å². The Labute approximate surface area is 125 Å². The Morgan fingerprint density at radius 2 is 2.05 bits per heavy atom. The summed E-state index contributed by atoms with van der Waals surface area (Å²) in [5.74, 6) is -0.188. The zero-order valence-corrected chi connectivity index (χ0v) is 12.7.